The van der Waals surface area contributed by atoms with Crippen molar-refractivity contribution in [3.05, 3.63) is 47.5 Å². The fourth-order valence-corrected chi connectivity index (χ4v) is 2.80. The summed E-state index contributed by atoms with van der Waals surface area (Å²) >= 11 is 0. The molecule has 0 bridgehead atoms. The molecule has 170 valence electrons. The number of hydrogen-bond acceptors (Lipinski definition) is 7. The highest BCUT2D eigenvalue weighted by molar-refractivity contribution is 6.27. The molecule has 2 aromatic carbocycles. The minimum absolute atomic E-state index is 0.751. The number of carboxylic acids is 2. The number of carbonyl (C=O) groups is 2. The Hall–Kier alpha value is -3.46. The predicted molar refractivity (Wildman–Crippen MR) is 114 cm³/mol. The summed E-state index contributed by atoms with van der Waals surface area (Å²) in [4.78, 5) is 20.5. The van der Waals surface area contributed by atoms with Crippen molar-refractivity contribution < 1.29 is 38.7 Å². The number of methoxy groups -OCH3 is 4. The van der Waals surface area contributed by atoms with Crippen LogP contribution in [0.4, 0.5) is 0 Å². The summed E-state index contributed by atoms with van der Waals surface area (Å²) in [5.74, 6) is -0.584. The number of nitrogens with zero attached hydrogens (tertiary/aromatic N) is 1. The largest absolute Gasteiger partial charge is 0.493 e. The Morgan fingerprint density at radius 3 is 1.97 bits per heavy atom. The second-order valence-corrected chi connectivity index (χ2v) is 6.44. The van der Waals surface area contributed by atoms with Gasteiger partial charge in [-0.1, -0.05) is 18.2 Å². The molecule has 0 saturated carbocycles. The highest BCUT2D eigenvalue weighted by Gasteiger charge is 2.12. The van der Waals surface area contributed by atoms with Crippen LogP contribution < -0.4 is 18.9 Å². The molecule has 0 spiro atoms. The van der Waals surface area contributed by atoms with Gasteiger partial charge in [0.05, 0.1) is 28.4 Å². The molecule has 0 unspecified atom stereocenters. The SMILES string of the molecule is COc1ccc(CCN(C)Cc2cccc(OC)c2OC)cc1OC.O=C(O)C(=O)O. The van der Waals surface area contributed by atoms with Crippen molar-refractivity contribution in [3.8, 4) is 23.0 Å². The van der Waals surface area contributed by atoms with Crippen LogP contribution in [0.2, 0.25) is 0 Å². The number of aliphatic carboxylic acids is 2. The third-order valence-electron chi connectivity index (χ3n) is 4.34. The molecule has 9 nitrogen and oxygen atoms in total. The van der Waals surface area contributed by atoms with Gasteiger partial charge < -0.3 is 34.1 Å². The molecule has 31 heavy (non-hydrogen) atoms. The first-order chi connectivity index (χ1) is 14.8. The van der Waals surface area contributed by atoms with E-state index >= 15 is 0 Å². The van der Waals surface area contributed by atoms with Gasteiger partial charge in [0.1, 0.15) is 0 Å². The Morgan fingerprint density at radius 2 is 1.45 bits per heavy atom. The maximum atomic E-state index is 9.10. The lowest BCUT2D eigenvalue weighted by atomic mass is 10.1. The van der Waals surface area contributed by atoms with Gasteiger partial charge >= 0.3 is 11.9 Å². The van der Waals surface area contributed by atoms with Gasteiger partial charge in [0.2, 0.25) is 0 Å². The van der Waals surface area contributed by atoms with Gasteiger partial charge in [0.25, 0.3) is 0 Å². The normalized spacial score (nSPS) is 10.0. The van der Waals surface area contributed by atoms with Crippen molar-refractivity contribution >= 4 is 11.9 Å². The average Bonchev–Trinajstić information content (AvgIpc) is 2.77. The molecule has 0 aliphatic heterocycles. The predicted octanol–water partition coefficient (Wildman–Crippen LogP) is 2.55. The van der Waals surface area contributed by atoms with Crippen molar-refractivity contribution in [2.45, 2.75) is 13.0 Å². The summed E-state index contributed by atoms with van der Waals surface area (Å²) in [5.41, 5.74) is 2.32. The molecule has 9 heteroatoms. The standard InChI is InChI=1S/C20H27NO4.C2H2O4/c1-21(14-16-7-6-8-18(23-3)20(16)25-5)12-11-15-9-10-17(22-2)19(13-15)24-4;3-1(4)2(5)6/h6-10,13H,11-12,14H2,1-5H3;(H,3,4)(H,5,6). The average molecular weight is 435 g/mol. The van der Waals surface area contributed by atoms with E-state index in [9.17, 15) is 0 Å². The Morgan fingerprint density at radius 1 is 0.839 bits per heavy atom. The molecular formula is C22H29NO8. The van der Waals surface area contributed by atoms with E-state index in [1.165, 1.54) is 5.56 Å². The van der Waals surface area contributed by atoms with E-state index in [0.717, 1.165) is 48.1 Å². The Kier molecular flexibility index (Phi) is 10.7. The number of para-hydroxylation sites is 1. The van der Waals surface area contributed by atoms with Crippen LogP contribution in [0.25, 0.3) is 0 Å². The number of ether oxygens (including phenoxy) is 4. The zero-order valence-electron chi connectivity index (χ0n) is 18.4. The molecule has 0 heterocycles. The van der Waals surface area contributed by atoms with Crippen molar-refractivity contribution in [2.24, 2.45) is 0 Å². The number of hydrogen-bond donors (Lipinski definition) is 2. The summed E-state index contributed by atoms with van der Waals surface area (Å²) in [5, 5.41) is 14.8. The maximum absolute atomic E-state index is 9.10. The van der Waals surface area contributed by atoms with Crippen LogP contribution in [0, 0.1) is 0 Å². The lowest BCUT2D eigenvalue weighted by Crippen LogP contribution is -2.21. The molecule has 0 amide bonds. The van der Waals surface area contributed by atoms with Crippen LogP contribution in [0.1, 0.15) is 11.1 Å². The second kappa shape index (κ2) is 13.0. The van der Waals surface area contributed by atoms with Crippen LogP contribution in [0.5, 0.6) is 23.0 Å². The van der Waals surface area contributed by atoms with Gasteiger partial charge in [0.15, 0.2) is 23.0 Å². The number of benzene rings is 2. The highest BCUT2D eigenvalue weighted by Crippen LogP contribution is 2.31. The Labute approximate surface area is 181 Å². The van der Waals surface area contributed by atoms with Gasteiger partial charge in [0, 0.05) is 18.7 Å². The van der Waals surface area contributed by atoms with Crippen LogP contribution in [0.15, 0.2) is 36.4 Å². The van der Waals surface area contributed by atoms with Crippen LogP contribution in [0.3, 0.4) is 0 Å². The molecule has 0 aliphatic carbocycles. The summed E-state index contributed by atoms with van der Waals surface area (Å²) in [6.45, 7) is 1.70. The molecule has 2 rings (SSSR count). The second-order valence-electron chi connectivity index (χ2n) is 6.44. The third kappa shape index (κ3) is 8.06. The van der Waals surface area contributed by atoms with Crippen LogP contribution in [-0.4, -0.2) is 69.1 Å². The van der Waals surface area contributed by atoms with Gasteiger partial charge in [-0.25, -0.2) is 9.59 Å². The molecule has 2 N–H and O–H groups in total. The van der Waals surface area contributed by atoms with Crippen molar-refractivity contribution in [2.75, 3.05) is 42.0 Å². The molecule has 0 aliphatic rings. The maximum Gasteiger partial charge on any atom is 0.414 e. The minimum Gasteiger partial charge on any atom is -0.493 e. The van der Waals surface area contributed by atoms with Crippen molar-refractivity contribution in [3.63, 3.8) is 0 Å². The smallest absolute Gasteiger partial charge is 0.414 e. The lowest BCUT2D eigenvalue weighted by Gasteiger charge is -2.20. The summed E-state index contributed by atoms with van der Waals surface area (Å²) in [6, 6.07) is 12.0. The molecule has 0 radical (unpaired) electrons. The summed E-state index contributed by atoms with van der Waals surface area (Å²) in [7, 11) is 8.72. The lowest BCUT2D eigenvalue weighted by molar-refractivity contribution is -0.159. The Bertz CT molecular complexity index is 857. The van der Waals surface area contributed by atoms with E-state index in [-0.39, 0.29) is 0 Å². The van der Waals surface area contributed by atoms with Gasteiger partial charge in [-0.05, 0) is 37.2 Å². The first kappa shape index (κ1) is 25.6. The van der Waals surface area contributed by atoms with E-state index in [2.05, 4.69) is 24.1 Å². The first-order valence-corrected chi connectivity index (χ1v) is 9.32. The van der Waals surface area contributed by atoms with E-state index in [4.69, 9.17) is 38.7 Å². The van der Waals surface area contributed by atoms with E-state index < -0.39 is 11.9 Å². The topological polar surface area (TPSA) is 115 Å². The van der Waals surface area contributed by atoms with Gasteiger partial charge in [-0.15, -0.1) is 0 Å². The first-order valence-electron chi connectivity index (χ1n) is 9.32. The summed E-state index contributed by atoms with van der Waals surface area (Å²) < 4.78 is 21.5. The van der Waals surface area contributed by atoms with E-state index in [1.54, 1.807) is 28.4 Å². The molecule has 0 fully saturated rings. The van der Waals surface area contributed by atoms with Crippen molar-refractivity contribution in [1.29, 1.82) is 0 Å². The molecule has 0 saturated heterocycles. The molecule has 0 atom stereocenters. The molecule has 2 aromatic rings. The fraction of sp³-hybridized carbons (Fsp3) is 0.364. The number of rotatable bonds is 9. The monoisotopic (exact) mass is 435 g/mol. The zero-order valence-corrected chi connectivity index (χ0v) is 18.4. The number of likely N-dealkylation sites (N-methyl/N-ethyl adjacent to an activating group) is 1. The van der Waals surface area contributed by atoms with Gasteiger partial charge in [-0.3, -0.25) is 0 Å². The Balaban J connectivity index is 0.000000703. The molecule has 0 aromatic heterocycles. The van der Waals surface area contributed by atoms with Gasteiger partial charge in [-0.2, -0.15) is 0 Å². The number of carboxylic acid groups (broad SMARTS) is 2. The van der Waals surface area contributed by atoms with E-state index in [0.29, 0.717) is 0 Å². The van der Waals surface area contributed by atoms with Crippen LogP contribution in [-0.2, 0) is 22.6 Å². The quantitative estimate of drug-likeness (QED) is 0.573. The third-order valence-corrected chi connectivity index (χ3v) is 4.34. The van der Waals surface area contributed by atoms with E-state index in [1.807, 2.05) is 24.3 Å². The minimum atomic E-state index is -1.82. The zero-order chi connectivity index (χ0) is 23.4. The highest BCUT2D eigenvalue weighted by atomic mass is 16.5. The fourth-order valence-electron chi connectivity index (χ4n) is 2.80. The summed E-state index contributed by atoms with van der Waals surface area (Å²) in [6.07, 6.45) is 0.920. The molecular weight excluding hydrogens is 406 g/mol. The van der Waals surface area contributed by atoms with Crippen molar-refractivity contribution in [1.82, 2.24) is 4.90 Å². The van der Waals surface area contributed by atoms with Crippen LogP contribution >= 0.6 is 0 Å².